The molecule has 0 aromatic rings. The van der Waals surface area contributed by atoms with Gasteiger partial charge in [0.05, 0.1) is 5.60 Å². The molecule has 4 atom stereocenters. The van der Waals surface area contributed by atoms with Gasteiger partial charge < -0.3 is 20.1 Å². The summed E-state index contributed by atoms with van der Waals surface area (Å²) in [6, 6.07) is 0. The third-order valence-corrected chi connectivity index (χ3v) is 6.52. The Hall–Kier alpha value is -2.41. The van der Waals surface area contributed by atoms with Gasteiger partial charge in [0.25, 0.3) is 0 Å². The second-order valence-electron chi connectivity index (χ2n) is 7.92. The molecule has 1 saturated heterocycles. The summed E-state index contributed by atoms with van der Waals surface area (Å²) in [5.74, 6) is -2.98. The van der Waals surface area contributed by atoms with Crippen molar-refractivity contribution in [3.05, 3.63) is 35.5 Å². The second kappa shape index (κ2) is 6.34. The van der Waals surface area contributed by atoms with Gasteiger partial charge >= 0.3 is 17.9 Å². The van der Waals surface area contributed by atoms with E-state index < -0.39 is 34.5 Å². The molecule has 7 heteroatoms. The molecule has 1 aliphatic heterocycles. The van der Waals surface area contributed by atoms with Crippen LogP contribution in [0.25, 0.3) is 0 Å². The normalized spacial score (nSPS) is 38.8. The number of rotatable bonds is 4. The summed E-state index contributed by atoms with van der Waals surface area (Å²) in [5.41, 5.74) is -3.21. The van der Waals surface area contributed by atoms with Crippen LogP contribution < -0.4 is 0 Å². The lowest BCUT2D eigenvalue weighted by molar-refractivity contribution is -0.224. The lowest BCUT2D eigenvalue weighted by atomic mass is 9.62. The number of cyclic esters (lactones) is 1. The predicted molar refractivity (Wildman–Crippen MR) is 94.7 cm³/mol. The van der Waals surface area contributed by atoms with E-state index in [-0.39, 0.29) is 36.3 Å². The van der Waals surface area contributed by atoms with Crippen LogP contribution in [0.2, 0.25) is 0 Å². The Balaban J connectivity index is 1.97. The highest BCUT2D eigenvalue weighted by atomic mass is 16.6. The van der Waals surface area contributed by atoms with E-state index in [1.54, 1.807) is 19.1 Å². The fourth-order valence-corrected chi connectivity index (χ4v) is 4.89. The van der Waals surface area contributed by atoms with Gasteiger partial charge in [-0.3, -0.25) is 4.79 Å². The summed E-state index contributed by atoms with van der Waals surface area (Å²) in [5, 5.41) is 29.8. The maximum absolute atomic E-state index is 13.0. The average Bonchev–Trinajstić information content (AvgIpc) is 2.70. The van der Waals surface area contributed by atoms with E-state index in [1.807, 2.05) is 0 Å². The van der Waals surface area contributed by atoms with Crippen LogP contribution in [0.1, 0.15) is 46.0 Å². The number of carboxylic acid groups (broad SMARTS) is 2. The Morgan fingerprint density at radius 3 is 2.63 bits per heavy atom. The van der Waals surface area contributed by atoms with Crippen LogP contribution in [-0.4, -0.2) is 44.4 Å². The number of carbonyl (C=O) groups excluding carboxylic acids is 1. The Morgan fingerprint density at radius 1 is 1.30 bits per heavy atom. The number of aliphatic carboxylic acids is 2. The fraction of sp³-hybridized carbons (Fsp3) is 0.550. The van der Waals surface area contributed by atoms with Gasteiger partial charge in [0.15, 0.2) is 0 Å². The lowest BCUT2D eigenvalue weighted by Crippen LogP contribution is -2.63. The Morgan fingerprint density at radius 2 is 2.00 bits per heavy atom. The fourth-order valence-electron chi connectivity index (χ4n) is 4.89. The van der Waals surface area contributed by atoms with Gasteiger partial charge in [0, 0.05) is 17.1 Å². The molecule has 0 spiro atoms. The standard InChI is InChI=1S/C20H24O7/c1-12(15(21)22)4-3-8-18(2)14-7-10-19(17(25)27-18)9-5-13(16(23)24)6-11-20(14,19)26/h3-5,8,14,26H,6-7,9-11H2,1-2H3,(H,21,22)(H,23,24)/b8-3?,12-4+/t14-,18+,19+,20-/m0/s1. The molecule has 1 saturated carbocycles. The quantitative estimate of drug-likeness (QED) is 0.391. The van der Waals surface area contributed by atoms with E-state index in [0.717, 1.165) is 0 Å². The third kappa shape index (κ3) is 2.81. The van der Waals surface area contributed by atoms with Gasteiger partial charge in [-0.2, -0.15) is 0 Å². The minimum absolute atomic E-state index is 0.140. The summed E-state index contributed by atoms with van der Waals surface area (Å²) in [7, 11) is 0. The van der Waals surface area contributed by atoms with Gasteiger partial charge in [0.2, 0.25) is 0 Å². The molecule has 3 aliphatic rings. The van der Waals surface area contributed by atoms with E-state index in [2.05, 4.69) is 0 Å². The van der Waals surface area contributed by atoms with Crippen LogP contribution in [0.15, 0.2) is 35.5 Å². The van der Waals surface area contributed by atoms with Crippen molar-refractivity contribution >= 4 is 17.9 Å². The van der Waals surface area contributed by atoms with Crippen LogP contribution in [0, 0.1) is 11.3 Å². The Labute approximate surface area is 157 Å². The number of aliphatic hydroxyl groups is 1. The molecule has 0 aromatic carbocycles. The zero-order chi connectivity index (χ0) is 20.0. The number of allylic oxidation sites excluding steroid dienone is 3. The average molecular weight is 376 g/mol. The molecule has 0 aromatic heterocycles. The Kier molecular flexibility index (Phi) is 4.54. The highest BCUT2D eigenvalue weighted by molar-refractivity contribution is 5.88. The van der Waals surface area contributed by atoms with Gasteiger partial charge in [0.1, 0.15) is 11.0 Å². The van der Waals surface area contributed by atoms with Crippen molar-refractivity contribution in [1.82, 2.24) is 0 Å². The summed E-state index contributed by atoms with van der Waals surface area (Å²) in [6.07, 6.45) is 7.63. The third-order valence-electron chi connectivity index (χ3n) is 6.52. The molecule has 0 unspecified atom stereocenters. The van der Waals surface area contributed by atoms with Crippen LogP contribution in [0.3, 0.4) is 0 Å². The molecule has 7 nitrogen and oxygen atoms in total. The SMILES string of the molecule is C/C(=C\C=C[C@@]1(C)OC(=O)[C@]23CC=C(C(=O)O)CC[C@]2(O)[C@H]1CC3)C(=O)O. The second-order valence-corrected chi connectivity index (χ2v) is 7.92. The summed E-state index contributed by atoms with van der Waals surface area (Å²) < 4.78 is 5.74. The number of ether oxygens (including phenoxy) is 1. The first kappa shape index (κ1) is 19.4. The topological polar surface area (TPSA) is 121 Å². The number of hydrogen-bond acceptors (Lipinski definition) is 5. The van der Waals surface area contributed by atoms with Crippen molar-refractivity contribution in [2.24, 2.45) is 11.3 Å². The van der Waals surface area contributed by atoms with Crippen molar-refractivity contribution < 1.29 is 34.4 Å². The van der Waals surface area contributed by atoms with E-state index in [9.17, 15) is 24.6 Å². The highest BCUT2D eigenvalue weighted by Gasteiger charge is 2.71. The first-order valence-electron chi connectivity index (χ1n) is 9.03. The van der Waals surface area contributed by atoms with Gasteiger partial charge in [-0.15, -0.1) is 0 Å². The molecule has 1 heterocycles. The molecule has 27 heavy (non-hydrogen) atoms. The Bertz CT molecular complexity index is 792. The van der Waals surface area contributed by atoms with Crippen molar-refractivity contribution in [3.63, 3.8) is 0 Å². The first-order chi connectivity index (χ1) is 12.6. The van der Waals surface area contributed by atoms with Crippen LogP contribution >= 0.6 is 0 Å². The minimum atomic E-state index is -1.36. The number of carbonyl (C=O) groups is 3. The van der Waals surface area contributed by atoms with Crippen molar-refractivity contribution in [3.8, 4) is 0 Å². The maximum atomic E-state index is 13.0. The van der Waals surface area contributed by atoms with Crippen LogP contribution in [-0.2, 0) is 19.1 Å². The minimum Gasteiger partial charge on any atom is -0.478 e. The summed E-state index contributed by atoms with van der Waals surface area (Å²) in [6.45, 7) is 3.17. The molecule has 3 rings (SSSR count). The van der Waals surface area contributed by atoms with Gasteiger partial charge in [-0.1, -0.05) is 18.2 Å². The largest absolute Gasteiger partial charge is 0.478 e. The number of carboxylic acids is 2. The molecule has 0 amide bonds. The van der Waals surface area contributed by atoms with E-state index >= 15 is 0 Å². The summed E-state index contributed by atoms with van der Waals surface area (Å²) in [4.78, 5) is 35.2. The van der Waals surface area contributed by atoms with Crippen LogP contribution in [0.5, 0.6) is 0 Å². The molecule has 3 N–H and O–H groups in total. The van der Waals surface area contributed by atoms with E-state index in [4.69, 9.17) is 9.84 Å². The molecule has 146 valence electrons. The lowest BCUT2D eigenvalue weighted by Gasteiger charge is -2.52. The molecular weight excluding hydrogens is 352 g/mol. The molecule has 2 fully saturated rings. The van der Waals surface area contributed by atoms with Crippen molar-refractivity contribution in [2.45, 2.75) is 57.2 Å². The maximum Gasteiger partial charge on any atom is 0.331 e. The van der Waals surface area contributed by atoms with Crippen LogP contribution in [0.4, 0.5) is 0 Å². The molecular formula is C20H24O7. The zero-order valence-corrected chi connectivity index (χ0v) is 15.4. The van der Waals surface area contributed by atoms with Crippen molar-refractivity contribution in [1.29, 1.82) is 0 Å². The van der Waals surface area contributed by atoms with E-state index in [0.29, 0.717) is 12.8 Å². The zero-order valence-electron chi connectivity index (χ0n) is 15.4. The summed E-state index contributed by atoms with van der Waals surface area (Å²) >= 11 is 0. The monoisotopic (exact) mass is 376 g/mol. The molecule has 2 aliphatic carbocycles. The van der Waals surface area contributed by atoms with Gasteiger partial charge in [-0.25, -0.2) is 9.59 Å². The highest BCUT2D eigenvalue weighted by Crippen LogP contribution is 2.63. The molecule has 0 radical (unpaired) electrons. The number of esters is 1. The predicted octanol–water partition coefficient (Wildman–Crippen LogP) is 2.21. The number of hydrogen-bond donors (Lipinski definition) is 3. The van der Waals surface area contributed by atoms with Crippen molar-refractivity contribution in [2.75, 3.05) is 0 Å². The first-order valence-corrected chi connectivity index (χ1v) is 9.03. The molecule has 2 bridgehead atoms. The van der Waals surface area contributed by atoms with Gasteiger partial charge in [-0.05, 0) is 52.0 Å². The van der Waals surface area contributed by atoms with E-state index in [1.165, 1.54) is 19.1 Å². The smallest absolute Gasteiger partial charge is 0.331 e.